The molecule has 0 aliphatic carbocycles. The van der Waals surface area contributed by atoms with Crippen LogP contribution in [0.1, 0.15) is 35.7 Å². The predicted octanol–water partition coefficient (Wildman–Crippen LogP) is 3.46. The van der Waals surface area contributed by atoms with E-state index >= 15 is 0 Å². The maximum atomic E-state index is 13.9. The number of amides is 1. The number of methoxy groups -OCH3 is 1. The number of hydrogen-bond acceptors (Lipinski definition) is 3. The third-order valence-corrected chi connectivity index (χ3v) is 4.60. The van der Waals surface area contributed by atoms with Crippen LogP contribution in [0.5, 0.6) is 0 Å². The Balaban J connectivity index is 1.92. The van der Waals surface area contributed by atoms with Crippen molar-refractivity contribution in [3.8, 4) is 0 Å². The van der Waals surface area contributed by atoms with Crippen LogP contribution in [0.15, 0.2) is 48.7 Å². The normalized spacial score (nSPS) is 12.3. The largest absolute Gasteiger partial charge is 0.385 e. The Kier molecular flexibility index (Phi) is 6.19. The van der Waals surface area contributed by atoms with Crippen LogP contribution in [0, 0.1) is 12.7 Å². The van der Waals surface area contributed by atoms with Crippen LogP contribution >= 0.6 is 0 Å². The number of aryl methyl sites for hydroxylation is 1. The number of nitrogens with one attached hydrogen (secondary N) is 1. The van der Waals surface area contributed by atoms with Crippen LogP contribution in [0.2, 0.25) is 0 Å². The van der Waals surface area contributed by atoms with Crippen molar-refractivity contribution < 1.29 is 13.9 Å². The predicted molar refractivity (Wildman–Crippen MR) is 102 cm³/mol. The Morgan fingerprint density at radius 2 is 2.11 bits per heavy atom. The molecule has 2 heterocycles. The number of imidazole rings is 1. The summed E-state index contributed by atoms with van der Waals surface area (Å²) in [6.07, 6.45) is 2.75. The molecule has 0 spiro atoms. The molecule has 2 aromatic heterocycles. The molecule has 0 radical (unpaired) electrons. The first kappa shape index (κ1) is 19.0. The van der Waals surface area contributed by atoms with Crippen molar-refractivity contribution in [3.63, 3.8) is 0 Å². The lowest BCUT2D eigenvalue weighted by atomic mass is 9.92. The molecule has 0 fully saturated rings. The van der Waals surface area contributed by atoms with Crippen molar-refractivity contribution in [3.05, 3.63) is 71.4 Å². The van der Waals surface area contributed by atoms with Crippen LogP contribution < -0.4 is 5.32 Å². The molecule has 3 rings (SSSR count). The standard InChI is InChI=1S/C21H24FN3O2/c1-15-6-3-9-20-24-14-19(25(15)20)18(16-7-4-8-17(22)12-16)13-21(26)23-10-5-11-27-2/h3-4,6-9,12,14,18H,5,10-11,13H2,1-2H3,(H,23,26). The van der Waals surface area contributed by atoms with E-state index in [1.165, 1.54) is 12.1 Å². The molecule has 27 heavy (non-hydrogen) atoms. The van der Waals surface area contributed by atoms with Gasteiger partial charge in [-0.2, -0.15) is 0 Å². The molecule has 0 saturated carbocycles. The quantitative estimate of drug-likeness (QED) is 0.619. The molecule has 5 nitrogen and oxygen atoms in total. The molecule has 1 unspecified atom stereocenters. The Bertz CT molecular complexity index is 923. The number of carbonyl (C=O) groups excluding carboxylic acids is 1. The summed E-state index contributed by atoms with van der Waals surface area (Å²) in [5.74, 6) is -0.688. The fourth-order valence-corrected chi connectivity index (χ4v) is 3.29. The monoisotopic (exact) mass is 369 g/mol. The molecule has 142 valence electrons. The van der Waals surface area contributed by atoms with Crippen molar-refractivity contribution in [2.45, 2.75) is 25.7 Å². The second-order valence-electron chi connectivity index (χ2n) is 6.55. The molecule has 0 saturated heterocycles. The van der Waals surface area contributed by atoms with E-state index in [0.717, 1.165) is 29.0 Å². The molecule has 0 bridgehead atoms. The number of carbonyl (C=O) groups is 1. The third kappa shape index (κ3) is 4.52. The van der Waals surface area contributed by atoms with Gasteiger partial charge in [0.2, 0.25) is 5.91 Å². The van der Waals surface area contributed by atoms with Gasteiger partial charge in [-0.3, -0.25) is 4.79 Å². The van der Waals surface area contributed by atoms with Crippen molar-refractivity contribution >= 4 is 11.6 Å². The van der Waals surface area contributed by atoms with Crippen molar-refractivity contribution in [1.82, 2.24) is 14.7 Å². The van der Waals surface area contributed by atoms with Gasteiger partial charge in [0.25, 0.3) is 0 Å². The smallest absolute Gasteiger partial charge is 0.221 e. The van der Waals surface area contributed by atoms with Crippen molar-refractivity contribution in [2.24, 2.45) is 0 Å². The molecule has 1 amide bonds. The number of ether oxygens (including phenoxy) is 1. The van der Waals surface area contributed by atoms with E-state index in [1.54, 1.807) is 19.4 Å². The summed E-state index contributed by atoms with van der Waals surface area (Å²) < 4.78 is 20.9. The highest BCUT2D eigenvalue weighted by Crippen LogP contribution is 2.30. The first-order valence-corrected chi connectivity index (χ1v) is 9.04. The summed E-state index contributed by atoms with van der Waals surface area (Å²) in [6, 6.07) is 12.3. The minimum atomic E-state index is -0.316. The summed E-state index contributed by atoms with van der Waals surface area (Å²) in [5, 5.41) is 2.91. The molecule has 0 aliphatic heterocycles. The van der Waals surface area contributed by atoms with Gasteiger partial charge in [0.15, 0.2) is 0 Å². The lowest BCUT2D eigenvalue weighted by Crippen LogP contribution is -2.27. The zero-order valence-corrected chi connectivity index (χ0v) is 15.6. The highest BCUT2D eigenvalue weighted by molar-refractivity contribution is 5.77. The van der Waals surface area contributed by atoms with Gasteiger partial charge in [-0.1, -0.05) is 18.2 Å². The number of pyridine rings is 1. The van der Waals surface area contributed by atoms with E-state index in [-0.39, 0.29) is 24.1 Å². The molecule has 3 aromatic rings. The summed E-state index contributed by atoms with van der Waals surface area (Å²) >= 11 is 0. The molecular formula is C21H24FN3O2. The molecule has 0 aliphatic rings. The highest BCUT2D eigenvalue weighted by Gasteiger charge is 2.22. The number of aromatic nitrogens is 2. The summed E-state index contributed by atoms with van der Waals surface area (Å²) in [4.78, 5) is 17.0. The van der Waals surface area contributed by atoms with Gasteiger partial charge in [0.05, 0.1) is 5.69 Å². The number of fused-ring (bicyclic) bond motifs is 1. The number of hydrogen-bond donors (Lipinski definition) is 1. The van der Waals surface area contributed by atoms with Gasteiger partial charge in [0.1, 0.15) is 11.5 Å². The van der Waals surface area contributed by atoms with Crippen molar-refractivity contribution in [1.29, 1.82) is 0 Å². The topological polar surface area (TPSA) is 55.6 Å². The number of halogens is 1. The molecule has 1 aromatic carbocycles. The van der Waals surface area contributed by atoms with Gasteiger partial charge in [-0.25, -0.2) is 9.37 Å². The lowest BCUT2D eigenvalue weighted by molar-refractivity contribution is -0.121. The lowest BCUT2D eigenvalue weighted by Gasteiger charge is -2.18. The third-order valence-electron chi connectivity index (χ3n) is 4.60. The van der Waals surface area contributed by atoms with E-state index in [0.29, 0.717) is 13.2 Å². The highest BCUT2D eigenvalue weighted by atomic mass is 19.1. The Labute approximate surface area is 158 Å². The number of benzene rings is 1. The summed E-state index contributed by atoms with van der Waals surface area (Å²) in [6.45, 7) is 3.14. The Morgan fingerprint density at radius 1 is 1.30 bits per heavy atom. The Morgan fingerprint density at radius 3 is 2.89 bits per heavy atom. The SMILES string of the molecule is COCCCNC(=O)CC(c1cccc(F)c1)c1cnc2cccc(C)n12. The van der Waals surface area contributed by atoms with Gasteiger partial charge in [-0.15, -0.1) is 0 Å². The Hall–Kier alpha value is -2.73. The van der Waals surface area contributed by atoms with Crippen LogP contribution in [-0.2, 0) is 9.53 Å². The summed E-state index contributed by atoms with van der Waals surface area (Å²) in [7, 11) is 1.63. The van der Waals surface area contributed by atoms with Crippen LogP contribution in [-0.4, -0.2) is 35.6 Å². The van der Waals surface area contributed by atoms with Gasteiger partial charge >= 0.3 is 0 Å². The first-order valence-electron chi connectivity index (χ1n) is 9.04. The van der Waals surface area contributed by atoms with E-state index in [1.807, 2.05) is 35.6 Å². The zero-order valence-electron chi connectivity index (χ0n) is 15.6. The van der Waals surface area contributed by atoms with Crippen LogP contribution in [0.3, 0.4) is 0 Å². The van der Waals surface area contributed by atoms with Gasteiger partial charge in [-0.05, 0) is 43.2 Å². The molecular weight excluding hydrogens is 345 g/mol. The minimum absolute atomic E-state index is 0.0797. The van der Waals surface area contributed by atoms with Crippen LogP contribution in [0.25, 0.3) is 5.65 Å². The molecule has 1 atom stereocenters. The average molecular weight is 369 g/mol. The zero-order chi connectivity index (χ0) is 19.2. The second kappa shape index (κ2) is 8.77. The minimum Gasteiger partial charge on any atom is -0.385 e. The van der Waals surface area contributed by atoms with E-state index in [4.69, 9.17) is 4.74 Å². The fourth-order valence-electron chi connectivity index (χ4n) is 3.29. The molecule has 1 N–H and O–H groups in total. The number of nitrogens with zero attached hydrogens (tertiary/aromatic N) is 2. The number of rotatable bonds is 8. The van der Waals surface area contributed by atoms with E-state index < -0.39 is 0 Å². The second-order valence-corrected chi connectivity index (χ2v) is 6.55. The fraction of sp³-hybridized carbons (Fsp3) is 0.333. The van der Waals surface area contributed by atoms with E-state index in [9.17, 15) is 9.18 Å². The van der Waals surface area contributed by atoms with Crippen LogP contribution in [0.4, 0.5) is 4.39 Å². The average Bonchev–Trinajstić information content (AvgIpc) is 3.08. The van der Waals surface area contributed by atoms with Crippen molar-refractivity contribution in [2.75, 3.05) is 20.3 Å². The van der Waals surface area contributed by atoms with E-state index in [2.05, 4.69) is 10.3 Å². The summed E-state index contributed by atoms with van der Waals surface area (Å²) in [5.41, 5.74) is 3.46. The molecule has 6 heteroatoms. The maximum Gasteiger partial charge on any atom is 0.221 e. The first-order chi connectivity index (χ1) is 13.1. The van der Waals surface area contributed by atoms with Gasteiger partial charge in [0, 0.05) is 44.5 Å². The maximum absolute atomic E-state index is 13.9. The van der Waals surface area contributed by atoms with Gasteiger partial charge < -0.3 is 14.5 Å².